The first kappa shape index (κ1) is 19.0. The van der Waals surface area contributed by atoms with Crippen LogP contribution in [0.5, 0.6) is 0 Å². The molecule has 0 N–H and O–H groups in total. The van der Waals surface area contributed by atoms with Crippen LogP contribution in [0.4, 0.5) is 30.2 Å². The van der Waals surface area contributed by atoms with Crippen molar-refractivity contribution in [3.8, 4) is 0 Å². The Labute approximate surface area is 169 Å². The maximum Gasteiger partial charge on any atom is 0.402 e. The standard InChI is InChI=1S/C22H15F3N2OS/c23-22(24,25)20(28)14-21-26-18-13-17(11-12-19(18)29-21)27(15-7-3-1-4-8-15)16-9-5-2-6-10-16/h1-14,28H/p-1/b20-14-. The Bertz CT molecular complexity index is 1120. The van der Waals surface area contributed by atoms with E-state index < -0.39 is 11.9 Å². The molecular weight excluding hydrogens is 397 g/mol. The largest absolute Gasteiger partial charge is 0.869 e. The van der Waals surface area contributed by atoms with Crippen molar-refractivity contribution in [2.45, 2.75) is 6.18 Å². The molecule has 0 amide bonds. The van der Waals surface area contributed by atoms with Gasteiger partial charge in [-0.3, -0.25) is 0 Å². The number of rotatable bonds is 4. The molecule has 0 saturated carbocycles. The van der Waals surface area contributed by atoms with E-state index in [0.717, 1.165) is 28.4 Å². The van der Waals surface area contributed by atoms with Crippen molar-refractivity contribution < 1.29 is 18.3 Å². The lowest BCUT2D eigenvalue weighted by Gasteiger charge is -2.25. The Kier molecular flexibility index (Phi) is 4.98. The number of alkyl halides is 3. The molecule has 0 atom stereocenters. The Hall–Kier alpha value is -3.32. The monoisotopic (exact) mass is 411 g/mol. The van der Waals surface area contributed by atoms with Crippen molar-refractivity contribution in [2.24, 2.45) is 0 Å². The van der Waals surface area contributed by atoms with Gasteiger partial charge in [-0.05, 0) is 54.3 Å². The Morgan fingerprint density at radius 3 is 2.00 bits per heavy atom. The molecule has 0 fully saturated rings. The first-order valence-electron chi connectivity index (χ1n) is 8.68. The highest BCUT2D eigenvalue weighted by Gasteiger charge is 2.26. The molecule has 1 aromatic heterocycles. The van der Waals surface area contributed by atoms with E-state index in [1.54, 1.807) is 12.1 Å². The van der Waals surface area contributed by atoms with Crippen LogP contribution in [-0.2, 0) is 0 Å². The summed E-state index contributed by atoms with van der Waals surface area (Å²) in [6, 6.07) is 25.0. The summed E-state index contributed by atoms with van der Waals surface area (Å²) in [4.78, 5) is 6.24. The third kappa shape index (κ3) is 4.09. The van der Waals surface area contributed by atoms with E-state index >= 15 is 0 Å². The van der Waals surface area contributed by atoms with E-state index in [4.69, 9.17) is 0 Å². The molecule has 0 saturated heterocycles. The van der Waals surface area contributed by atoms with Crippen molar-refractivity contribution in [2.75, 3.05) is 4.90 Å². The van der Waals surface area contributed by atoms with Gasteiger partial charge in [0.2, 0.25) is 0 Å². The molecule has 0 spiro atoms. The molecule has 0 aliphatic carbocycles. The number of nitrogens with zero attached hydrogens (tertiary/aromatic N) is 2. The van der Waals surface area contributed by atoms with Gasteiger partial charge in [-0.2, -0.15) is 13.2 Å². The van der Waals surface area contributed by atoms with E-state index in [1.165, 1.54) is 0 Å². The zero-order valence-electron chi connectivity index (χ0n) is 14.9. The van der Waals surface area contributed by atoms with E-state index in [2.05, 4.69) is 4.98 Å². The van der Waals surface area contributed by atoms with Gasteiger partial charge in [-0.1, -0.05) is 36.4 Å². The Morgan fingerprint density at radius 2 is 1.45 bits per heavy atom. The van der Waals surface area contributed by atoms with Crippen LogP contribution in [0, 0.1) is 0 Å². The van der Waals surface area contributed by atoms with Crippen LogP contribution in [0.25, 0.3) is 16.3 Å². The summed E-state index contributed by atoms with van der Waals surface area (Å²) < 4.78 is 38.3. The number of hydrogen-bond acceptors (Lipinski definition) is 4. The lowest BCUT2D eigenvalue weighted by molar-refractivity contribution is -0.357. The second-order valence-corrected chi connectivity index (χ2v) is 7.28. The van der Waals surface area contributed by atoms with Gasteiger partial charge in [-0.25, -0.2) is 4.98 Å². The van der Waals surface area contributed by atoms with Crippen LogP contribution in [0.15, 0.2) is 84.6 Å². The molecule has 0 radical (unpaired) electrons. The van der Waals surface area contributed by atoms with Crippen LogP contribution in [0.3, 0.4) is 0 Å². The third-order valence-electron chi connectivity index (χ3n) is 4.21. The average molecular weight is 411 g/mol. The van der Waals surface area contributed by atoms with Crippen LogP contribution in [0.2, 0.25) is 0 Å². The number of thiazole rings is 1. The van der Waals surface area contributed by atoms with Crippen LogP contribution in [0.1, 0.15) is 5.01 Å². The number of anilines is 3. The van der Waals surface area contributed by atoms with Gasteiger partial charge < -0.3 is 10.0 Å². The third-order valence-corrected chi connectivity index (χ3v) is 5.19. The minimum atomic E-state index is -4.90. The van der Waals surface area contributed by atoms with Crippen molar-refractivity contribution in [1.29, 1.82) is 0 Å². The SMILES string of the molecule is [O-]/C(=C\c1nc2cc(N(c3ccccc3)c3ccccc3)ccc2s1)C(F)(F)F. The van der Waals surface area contributed by atoms with Crippen molar-refractivity contribution >= 4 is 44.7 Å². The molecule has 0 bridgehead atoms. The fourth-order valence-corrected chi connectivity index (χ4v) is 3.81. The molecule has 0 aliphatic rings. The molecule has 3 nitrogen and oxygen atoms in total. The summed E-state index contributed by atoms with van der Waals surface area (Å²) in [6.07, 6.45) is -4.36. The smallest absolute Gasteiger partial charge is 0.402 e. The maximum absolute atomic E-state index is 12.5. The highest BCUT2D eigenvalue weighted by molar-refractivity contribution is 7.19. The molecule has 1 heterocycles. The zero-order chi connectivity index (χ0) is 20.4. The van der Waals surface area contributed by atoms with Gasteiger partial charge in [0, 0.05) is 17.1 Å². The summed E-state index contributed by atoms with van der Waals surface area (Å²) in [6.45, 7) is 0. The Morgan fingerprint density at radius 1 is 0.862 bits per heavy atom. The van der Waals surface area contributed by atoms with Gasteiger partial charge in [-0.15, -0.1) is 11.3 Å². The van der Waals surface area contributed by atoms with Crippen LogP contribution < -0.4 is 10.0 Å². The molecular formula is C22H14F3N2OS-. The molecule has 4 aromatic rings. The Balaban J connectivity index is 1.79. The molecule has 29 heavy (non-hydrogen) atoms. The zero-order valence-corrected chi connectivity index (χ0v) is 15.7. The number of halogens is 3. The van der Waals surface area contributed by atoms with Crippen molar-refractivity contribution in [1.82, 2.24) is 4.98 Å². The van der Waals surface area contributed by atoms with Gasteiger partial charge in [0.25, 0.3) is 0 Å². The van der Waals surface area contributed by atoms with Crippen molar-refractivity contribution in [3.63, 3.8) is 0 Å². The predicted octanol–water partition coefficient (Wildman–Crippen LogP) is 6.03. The molecule has 146 valence electrons. The van der Waals surface area contributed by atoms with Crippen LogP contribution >= 0.6 is 11.3 Å². The van der Waals surface area contributed by atoms with E-state index in [9.17, 15) is 18.3 Å². The summed E-state index contributed by atoms with van der Waals surface area (Å²) in [5, 5.41) is 11.3. The number of benzene rings is 3. The van der Waals surface area contributed by atoms with E-state index in [0.29, 0.717) is 16.3 Å². The molecule has 0 unspecified atom stereocenters. The average Bonchev–Trinajstić information content (AvgIpc) is 3.11. The topological polar surface area (TPSA) is 39.2 Å². The number of hydrogen-bond donors (Lipinski definition) is 0. The minimum absolute atomic E-state index is 0.0328. The van der Waals surface area contributed by atoms with Gasteiger partial charge >= 0.3 is 6.18 Å². The maximum atomic E-state index is 12.5. The second-order valence-electron chi connectivity index (χ2n) is 6.22. The van der Waals surface area contributed by atoms with E-state index in [-0.39, 0.29) is 5.01 Å². The summed E-state index contributed by atoms with van der Waals surface area (Å²) in [5.74, 6) is -1.91. The second kappa shape index (κ2) is 7.60. The van der Waals surface area contributed by atoms with Gasteiger partial charge in [0.15, 0.2) is 0 Å². The van der Waals surface area contributed by atoms with E-state index in [1.807, 2.05) is 71.6 Å². The quantitative estimate of drug-likeness (QED) is 0.385. The summed E-state index contributed by atoms with van der Waals surface area (Å²) in [5.41, 5.74) is 3.22. The first-order chi connectivity index (χ1) is 13.9. The summed E-state index contributed by atoms with van der Waals surface area (Å²) >= 11 is 1.05. The number of allylic oxidation sites excluding steroid dienone is 1. The highest BCUT2D eigenvalue weighted by Crippen LogP contribution is 2.37. The highest BCUT2D eigenvalue weighted by atomic mass is 32.1. The van der Waals surface area contributed by atoms with Gasteiger partial charge in [0.1, 0.15) is 5.01 Å². The lowest BCUT2D eigenvalue weighted by atomic mass is 10.2. The van der Waals surface area contributed by atoms with Crippen molar-refractivity contribution in [3.05, 3.63) is 89.6 Å². The summed E-state index contributed by atoms with van der Waals surface area (Å²) in [7, 11) is 0. The predicted molar refractivity (Wildman–Crippen MR) is 108 cm³/mol. The fraction of sp³-hybridized carbons (Fsp3) is 0.0455. The number of aromatic nitrogens is 1. The first-order valence-corrected chi connectivity index (χ1v) is 9.50. The number of fused-ring (bicyclic) bond motifs is 1. The normalized spacial score (nSPS) is 12.3. The minimum Gasteiger partial charge on any atom is -0.869 e. The lowest BCUT2D eigenvalue weighted by Crippen LogP contribution is -2.22. The fourth-order valence-electron chi connectivity index (χ4n) is 2.93. The van der Waals surface area contributed by atoms with Gasteiger partial charge in [0.05, 0.1) is 10.2 Å². The molecule has 0 aliphatic heterocycles. The number of para-hydroxylation sites is 2. The molecule has 4 rings (SSSR count). The molecule has 7 heteroatoms. The molecule has 3 aromatic carbocycles. The van der Waals surface area contributed by atoms with Crippen LogP contribution in [-0.4, -0.2) is 11.2 Å².